The molecule has 10 atom stereocenters. The SMILES string of the molecule is CC1(C)OCC2OC(OCc3ccccc3)C(NC(=O)OCc3ccccc3)C(OC3OC(COC(=O)c4ccccc4)C(OC(=O)c4ccccc4)C(OC(=O)c4ccccc4)C3OC(=O)c3ccccc3)C2O1. The summed E-state index contributed by atoms with van der Waals surface area (Å²) in [6.07, 6.45) is -14.1. The Labute approximate surface area is 432 Å². The number of benzene rings is 6. The van der Waals surface area contributed by atoms with Gasteiger partial charge in [-0.2, -0.15) is 0 Å². The lowest BCUT2D eigenvalue weighted by molar-refractivity contribution is -0.393. The fraction of sp³-hybridized carbons (Fsp3) is 0.293. The second-order valence-electron chi connectivity index (χ2n) is 18.2. The molecule has 75 heavy (non-hydrogen) atoms. The van der Waals surface area contributed by atoms with Crippen LogP contribution in [0, 0.1) is 0 Å². The van der Waals surface area contributed by atoms with E-state index in [4.69, 9.17) is 52.1 Å². The molecule has 3 heterocycles. The van der Waals surface area contributed by atoms with Gasteiger partial charge in [-0.25, -0.2) is 24.0 Å². The maximum Gasteiger partial charge on any atom is 0.407 e. The van der Waals surface area contributed by atoms with Crippen molar-refractivity contribution >= 4 is 30.0 Å². The first-order valence-electron chi connectivity index (χ1n) is 24.4. The third-order valence-corrected chi connectivity index (χ3v) is 12.4. The van der Waals surface area contributed by atoms with E-state index >= 15 is 0 Å². The molecule has 388 valence electrons. The van der Waals surface area contributed by atoms with Crippen LogP contribution in [-0.2, 0) is 65.3 Å². The minimum Gasteiger partial charge on any atom is -0.459 e. The Morgan fingerprint density at radius 2 is 0.960 bits per heavy atom. The number of carbonyl (C=O) groups excluding carboxylic acids is 5. The van der Waals surface area contributed by atoms with Crippen LogP contribution >= 0.6 is 0 Å². The quantitative estimate of drug-likeness (QED) is 0.0680. The molecule has 3 aliphatic rings. The second kappa shape index (κ2) is 24.5. The summed E-state index contributed by atoms with van der Waals surface area (Å²) >= 11 is 0. The van der Waals surface area contributed by atoms with E-state index in [-0.39, 0.29) is 42.1 Å². The maximum atomic E-state index is 14.4. The summed E-state index contributed by atoms with van der Waals surface area (Å²) in [5, 5.41) is 2.90. The number of alkyl carbamates (subject to hydrolysis) is 1. The third kappa shape index (κ3) is 13.5. The summed E-state index contributed by atoms with van der Waals surface area (Å²) in [6.45, 7) is 2.65. The Kier molecular flexibility index (Phi) is 17.0. The van der Waals surface area contributed by atoms with Crippen LogP contribution in [0.5, 0.6) is 0 Å². The van der Waals surface area contributed by atoms with E-state index in [0.29, 0.717) is 5.56 Å². The molecule has 6 aromatic carbocycles. The Balaban J connectivity index is 1.15. The van der Waals surface area contributed by atoms with Crippen LogP contribution in [0.25, 0.3) is 0 Å². The highest BCUT2D eigenvalue weighted by Crippen LogP contribution is 2.39. The molecule has 0 spiro atoms. The predicted molar refractivity (Wildman–Crippen MR) is 266 cm³/mol. The lowest BCUT2D eigenvalue weighted by Gasteiger charge is -2.52. The average molecular weight is 1020 g/mol. The molecule has 17 heteroatoms. The van der Waals surface area contributed by atoms with Gasteiger partial charge < -0.3 is 57.4 Å². The molecule has 9 rings (SSSR count). The van der Waals surface area contributed by atoms with Gasteiger partial charge in [0.1, 0.15) is 43.7 Å². The number of nitrogens with one attached hydrogen (secondary N) is 1. The molecular weight excluding hydrogens is 967 g/mol. The zero-order valence-corrected chi connectivity index (χ0v) is 41.0. The van der Waals surface area contributed by atoms with Gasteiger partial charge in [0.15, 0.2) is 36.7 Å². The zero-order chi connectivity index (χ0) is 52.2. The summed E-state index contributed by atoms with van der Waals surface area (Å²) in [5.41, 5.74) is 1.99. The monoisotopic (exact) mass is 1020 g/mol. The summed E-state index contributed by atoms with van der Waals surface area (Å²) in [6, 6.07) is 49.2. The molecule has 0 bridgehead atoms. The fourth-order valence-electron chi connectivity index (χ4n) is 8.73. The predicted octanol–water partition coefficient (Wildman–Crippen LogP) is 8.02. The van der Waals surface area contributed by atoms with Gasteiger partial charge in [-0.15, -0.1) is 0 Å². The first-order valence-corrected chi connectivity index (χ1v) is 24.4. The molecule has 0 aromatic heterocycles. The molecule has 10 unspecified atom stereocenters. The van der Waals surface area contributed by atoms with Crippen LogP contribution in [0.2, 0.25) is 0 Å². The fourth-order valence-corrected chi connectivity index (χ4v) is 8.73. The van der Waals surface area contributed by atoms with Gasteiger partial charge in [0.25, 0.3) is 0 Å². The van der Waals surface area contributed by atoms with Crippen molar-refractivity contribution in [2.75, 3.05) is 13.2 Å². The highest BCUT2D eigenvalue weighted by atomic mass is 16.8. The summed E-state index contributed by atoms with van der Waals surface area (Å²) in [4.78, 5) is 70.8. The topological polar surface area (TPSA) is 199 Å². The lowest BCUT2D eigenvalue weighted by atomic mass is 9.94. The van der Waals surface area contributed by atoms with Crippen molar-refractivity contribution in [2.45, 2.75) is 94.2 Å². The number of esters is 4. The summed E-state index contributed by atoms with van der Waals surface area (Å²) < 4.78 is 70.2. The number of hydrogen-bond acceptors (Lipinski definition) is 16. The van der Waals surface area contributed by atoms with Crippen molar-refractivity contribution in [3.63, 3.8) is 0 Å². The highest BCUT2D eigenvalue weighted by molar-refractivity contribution is 5.91. The highest BCUT2D eigenvalue weighted by Gasteiger charge is 2.59. The number of ether oxygens (including phenoxy) is 11. The Hall–Kier alpha value is -7.77. The molecule has 3 aliphatic heterocycles. The van der Waals surface area contributed by atoms with E-state index in [2.05, 4.69) is 5.32 Å². The van der Waals surface area contributed by atoms with Gasteiger partial charge in [-0.3, -0.25) is 0 Å². The van der Waals surface area contributed by atoms with Crippen molar-refractivity contribution in [2.24, 2.45) is 0 Å². The van der Waals surface area contributed by atoms with Crippen LogP contribution in [0.3, 0.4) is 0 Å². The lowest BCUT2D eigenvalue weighted by Crippen LogP contribution is -2.71. The minimum absolute atomic E-state index is 0.0120. The number of fused-ring (bicyclic) bond motifs is 1. The molecule has 0 saturated carbocycles. The van der Waals surface area contributed by atoms with Gasteiger partial charge >= 0.3 is 30.0 Å². The standard InChI is InChI=1S/C58H55NO16/c1-58(2)68-36-44-47(75-58)48(45(55(69-44)66-33-37-21-9-3-10-22-37)59-57(64)67-34-38-23-11-4-12-24-38)74-56-50(73-54(63)42-31-19-8-20-32-42)49(72-53(62)41-29-17-7-18-30-41)46(71-52(61)40-27-15-6-16-28-40)43(70-56)35-65-51(60)39-25-13-5-14-26-39/h3-32,43-50,55-56H,33-36H2,1-2H3,(H,59,64). The molecule has 1 amide bonds. The molecule has 1 N–H and O–H groups in total. The maximum absolute atomic E-state index is 14.4. The first kappa shape index (κ1) is 52.1. The minimum atomic E-state index is -1.81. The Morgan fingerprint density at radius 3 is 1.48 bits per heavy atom. The Morgan fingerprint density at radius 1 is 0.507 bits per heavy atom. The summed E-state index contributed by atoms with van der Waals surface area (Å²) in [7, 11) is 0. The molecular formula is C58H55NO16. The molecule has 6 aromatic rings. The van der Waals surface area contributed by atoms with E-state index in [1.54, 1.807) is 111 Å². The van der Waals surface area contributed by atoms with Gasteiger partial charge in [-0.05, 0) is 73.5 Å². The van der Waals surface area contributed by atoms with Crippen LogP contribution in [0.1, 0.15) is 66.4 Å². The van der Waals surface area contributed by atoms with E-state index in [0.717, 1.165) is 5.56 Å². The van der Waals surface area contributed by atoms with Crippen molar-refractivity contribution in [1.82, 2.24) is 5.32 Å². The average Bonchev–Trinajstić information content (AvgIpc) is 3.44. The van der Waals surface area contributed by atoms with Crippen LogP contribution in [0.4, 0.5) is 4.79 Å². The van der Waals surface area contributed by atoms with Crippen LogP contribution < -0.4 is 5.32 Å². The Bertz CT molecular complexity index is 2830. The normalized spacial score (nSPS) is 24.8. The van der Waals surface area contributed by atoms with Gasteiger partial charge in [0.2, 0.25) is 0 Å². The van der Waals surface area contributed by atoms with Crippen molar-refractivity contribution in [1.29, 1.82) is 0 Å². The van der Waals surface area contributed by atoms with E-state index in [1.807, 2.05) is 48.5 Å². The molecule has 0 radical (unpaired) electrons. The van der Waals surface area contributed by atoms with Crippen molar-refractivity contribution in [3.8, 4) is 0 Å². The number of carbonyl (C=O) groups is 5. The van der Waals surface area contributed by atoms with Gasteiger partial charge in [-0.1, -0.05) is 133 Å². The molecule has 0 aliphatic carbocycles. The third-order valence-electron chi connectivity index (χ3n) is 12.4. The van der Waals surface area contributed by atoms with E-state index in [1.165, 1.54) is 36.4 Å². The van der Waals surface area contributed by atoms with Crippen molar-refractivity contribution in [3.05, 3.63) is 215 Å². The van der Waals surface area contributed by atoms with Gasteiger partial charge in [0, 0.05) is 0 Å². The smallest absolute Gasteiger partial charge is 0.407 e. The van der Waals surface area contributed by atoms with Crippen LogP contribution in [0.15, 0.2) is 182 Å². The summed E-state index contributed by atoms with van der Waals surface area (Å²) in [5.74, 6) is -4.69. The van der Waals surface area contributed by atoms with Crippen molar-refractivity contribution < 1.29 is 76.1 Å². The van der Waals surface area contributed by atoms with E-state index < -0.39 is 104 Å². The van der Waals surface area contributed by atoms with E-state index in [9.17, 15) is 24.0 Å². The molecule has 17 nitrogen and oxygen atoms in total. The van der Waals surface area contributed by atoms with Gasteiger partial charge in [0.05, 0.1) is 35.5 Å². The number of rotatable bonds is 17. The molecule has 3 saturated heterocycles. The second-order valence-corrected chi connectivity index (χ2v) is 18.2. The number of hydrogen-bond donors (Lipinski definition) is 1. The first-order chi connectivity index (χ1) is 36.5. The van der Waals surface area contributed by atoms with Crippen LogP contribution in [-0.4, -0.2) is 110 Å². The molecule has 3 fully saturated rings. The zero-order valence-electron chi connectivity index (χ0n) is 41.0. The number of amides is 1. The largest absolute Gasteiger partial charge is 0.459 e.